The number of Topliss-reactive ketones (excluding diaryl/α,β-unsaturated/α-hetero) is 1. The van der Waals surface area contributed by atoms with Crippen molar-refractivity contribution in [1.29, 1.82) is 0 Å². The number of halogens is 2. The molecule has 0 aliphatic carbocycles. The summed E-state index contributed by atoms with van der Waals surface area (Å²) < 4.78 is 27.2. The second-order valence-corrected chi connectivity index (χ2v) is 4.59. The zero-order valence-electron chi connectivity index (χ0n) is 9.96. The summed E-state index contributed by atoms with van der Waals surface area (Å²) in [4.78, 5) is 13.0. The highest BCUT2D eigenvalue weighted by atomic mass is 19.1. The minimum absolute atomic E-state index is 0.0761. The molecule has 1 aromatic carbocycles. The molecule has 2 rings (SSSR count). The van der Waals surface area contributed by atoms with Crippen LogP contribution in [0.1, 0.15) is 25.3 Å². The lowest BCUT2D eigenvalue weighted by Crippen LogP contribution is -2.41. The first-order valence-corrected chi connectivity index (χ1v) is 5.73. The predicted molar refractivity (Wildman–Crippen MR) is 62.1 cm³/mol. The van der Waals surface area contributed by atoms with Crippen molar-refractivity contribution in [3.8, 4) is 0 Å². The van der Waals surface area contributed by atoms with Crippen LogP contribution in [0.15, 0.2) is 12.1 Å². The smallest absolute Gasteiger partial charge is 0.146 e. The fourth-order valence-electron chi connectivity index (χ4n) is 2.22. The Kier molecular flexibility index (Phi) is 3.13. The van der Waals surface area contributed by atoms with Gasteiger partial charge in [0.1, 0.15) is 17.4 Å². The molecule has 92 valence electrons. The van der Waals surface area contributed by atoms with Crippen LogP contribution < -0.4 is 4.90 Å². The Bertz CT molecular complexity index is 459. The number of nitrogens with zero attached hydrogens (tertiary/aromatic N) is 1. The van der Waals surface area contributed by atoms with E-state index in [-0.39, 0.29) is 17.5 Å². The van der Waals surface area contributed by atoms with E-state index >= 15 is 0 Å². The third-order valence-electron chi connectivity index (χ3n) is 3.22. The maximum absolute atomic E-state index is 13.8. The molecule has 0 saturated carbocycles. The van der Waals surface area contributed by atoms with Crippen molar-refractivity contribution in [2.75, 3.05) is 11.4 Å². The van der Waals surface area contributed by atoms with Gasteiger partial charge in [-0.3, -0.25) is 4.79 Å². The predicted octanol–water partition coefficient (Wildman–Crippen LogP) is 2.83. The van der Waals surface area contributed by atoms with Crippen LogP contribution >= 0.6 is 0 Å². The fourth-order valence-corrected chi connectivity index (χ4v) is 2.22. The molecule has 0 N–H and O–H groups in total. The molecule has 0 radical (unpaired) electrons. The zero-order chi connectivity index (χ0) is 12.6. The first kappa shape index (κ1) is 12.0. The van der Waals surface area contributed by atoms with Crippen LogP contribution in [0.5, 0.6) is 0 Å². The van der Waals surface area contributed by atoms with E-state index in [1.165, 1.54) is 19.1 Å². The van der Waals surface area contributed by atoms with Crippen LogP contribution in [0.2, 0.25) is 0 Å². The molecule has 1 atom stereocenters. The van der Waals surface area contributed by atoms with Crippen molar-refractivity contribution in [2.24, 2.45) is 0 Å². The summed E-state index contributed by atoms with van der Waals surface area (Å²) in [5.41, 5.74) is 0.556. The number of anilines is 1. The Balaban J connectivity index is 2.34. The van der Waals surface area contributed by atoms with Crippen LogP contribution in [0.25, 0.3) is 0 Å². The van der Waals surface area contributed by atoms with E-state index < -0.39 is 11.6 Å². The highest BCUT2D eigenvalue weighted by Gasteiger charge is 2.26. The highest BCUT2D eigenvalue weighted by Crippen LogP contribution is 2.28. The molecular weight excluding hydrogens is 224 g/mol. The molecular formula is C13H15F2NO. The molecule has 0 aromatic heterocycles. The van der Waals surface area contributed by atoms with E-state index in [2.05, 4.69) is 0 Å². The number of carbonyl (C=O) groups is 1. The molecule has 1 unspecified atom stereocenters. The lowest BCUT2D eigenvalue weighted by molar-refractivity contribution is -0.120. The normalized spacial score (nSPS) is 20.8. The lowest BCUT2D eigenvalue weighted by atomic mass is 10.0. The second kappa shape index (κ2) is 4.43. The second-order valence-electron chi connectivity index (χ2n) is 4.59. The number of carbonyl (C=O) groups excluding carboxylic acids is 1. The fraction of sp³-hybridized carbons (Fsp3) is 0.462. The van der Waals surface area contributed by atoms with Gasteiger partial charge in [-0.2, -0.15) is 0 Å². The summed E-state index contributed by atoms with van der Waals surface area (Å²) >= 11 is 0. The van der Waals surface area contributed by atoms with Gasteiger partial charge in [-0.05, 0) is 25.5 Å². The Morgan fingerprint density at radius 2 is 2.00 bits per heavy atom. The third-order valence-corrected chi connectivity index (χ3v) is 3.22. The summed E-state index contributed by atoms with van der Waals surface area (Å²) in [6.45, 7) is 3.85. The van der Waals surface area contributed by atoms with Gasteiger partial charge >= 0.3 is 0 Å². The van der Waals surface area contributed by atoms with Gasteiger partial charge in [0.25, 0.3) is 0 Å². The summed E-state index contributed by atoms with van der Waals surface area (Å²) in [5, 5.41) is 0. The Hall–Kier alpha value is -1.45. The van der Waals surface area contributed by atoms with Crippen molar-refractivity contribution < 1.29 is 13.6 Å². The Labute approximate surface area is 99.2 Å². The minimum atomic E-state index is -0.426. The maximum atomic E-state index is 13.8. The van der Waals surface area contributed by atoms with Crippen molar-refractivity contribution in [2.45, 2.75) is 32.7 Å². The first-order valence-electron chi connectivity index (χ1n) is 5.73. The molecule has 0 bridgehead atoms. The van der Waals surface area contributed by atoms with Crippen LogP contribution in [0, 0.1) is 18.6 Å². The molecule has 4 heteroatoms. The van der Waals surface area contributed by atoms with Gasteiger partial charge in [-0.15, -0.1) is 0 Å². The molecule has 1 heterocycles. The number of rotatable bonds is 1. The number of ketones is 1. The van der Waals surface area contributed by atoms with Gasteiger partial charge in [0, 0.05) is 31.5 Å². The largest absolute Gasteiger partial charge is 0.365 e. The molecule has 0 amide bonds. The van der Waals surface area contributed by atoms with Gasteiger partial charge < -0.3 is 4.90 Å². The maximum Gasteiger partial charge on any atom is 0.146 e. The van der Waals surface area contributed by atoms with E-state index in [4.69, 9.17) is 0 Å². The number of hydrogen-bond acceptors (Lipinski definition) is 2. The SMILES string of the molecule is Cc1cc(F)c(N2CCC(=O)CC2C)cc1F. The first-order chi connectivity index (χ1) is 7.99. The van der Waals surface area contributed by atoms with Crippen LogP contribution in [-0.2, 0) is 4.79 Å². The van der Waals surface area contributed by atoms with Gasteiger partial charge in [-0.1, -0.05) is 0 Å². The molecule has 1 aliphatic rings. The number of aryl methyl sites for hydroxylation is 1. The molecule has 0 spiro atoms. The number of hydrogen-bond donors (Lipinski definition) is 0. The zero-order valence-corrected chi connectivity index (χ0v) is 9.96. The van der Waals surface area contributed by atoms with Crippen LogP contribution in [0.4, 0.5) is 14.5 Å². The van der Waals surface area contributed by atoms with E-state index in [9.17, 15) is 13.6 Å². The molecule has 2 nitrogen and oxygen atoms in total. The van der Waals surface area contributed by atoms with Crippen molar-refractivity contribution >= 4 is 11.5 Å². The molecule has 1 saturated heterocycles. The van der Waals surface area contributed by atoms with Gasteiger partial charge in [0.15, 0.2) is 0 Å². The van der Waals surface area contributed by atoms with Gasteiger partial charge in [0.05, 0.1) is 5.69 Å². The molecule has 1 aliphatic heterocycles. The standard InChI is InChI=1S/C13H15F2NO/c1-8-5-12(15)13(7-11(8)14)16-4-3-10(17)6-9(16)2/h5,7,9H,3-4,6H2,1-2H3. The third kappa shape index (κ3) is 2.30. The minimum Gasteiger partial charge on any atom is -0.365 e. The van der Waals surface area contributed by atoms with Crippen LogP contribution in [-0.4, -0.2) is 18.4 Å². The van der Waals surface area contributed by atoms with Crippen molar-refractivity contribution in [3.63, 3.8) is 0 Å². The van der Waals surface area contributed by atoms with E-state index in [1.807, 2.05) is 6.92 Å². The Morgan fingerprint density at radius 1 is 1.29 bits per heavy atom. The lowest BCUT2D eigenvalue weighted by Gasteiger charge is -2.35. The van der Waals surface area contributed by atoms with Crippen molar-refractivity contribution in [3.05, 3.63) is 29.3 Å². The van der Waals surface area contributed by atoms with Crippen LogP contribution in [0.3, 0.4) is 0 Å². The van der Waals surface area contributed by atoms with Crippen molar-refractivity contribution in [1.82, 2.24) is 0 Å². The average molecular weight is 239 g/mol. The van der Waals surface area contributed by atoms with Gasteiger partial charge in [0.2, 0.25) is 0 Å². The monoisotopic (exact) mass is 239 g/mol. The summed E-state index contributed by atoms with van der Waals surface area (Å²) in [6, 6.07) is 2.35. The van der Waals surface area contributed by atoms with E-state index in [0.29, 0.717) is 24.9 Å². The van der Waals surface area contributed by atoms with E-state index in [1.54, 1.807) is 4.90 Å². The summed E-state index contributed by atoms with van der Waals surface area (Å²) in [6.07, 6.45) is 0.800. The average Bonchev–Trinajstić information content (AvgIpc) is 2.24. The van der Waals surface area contributed by atoms with E-state index in [0.717, 1.165) is 0 Å². The molecule has 17 heavy (non-hydrogen) atoms. The molecule has 1 aromatic rings. The number of benzene rings is 1. The topological polar surface area (TPSA) is 20.3 Å². The quantitative estimate of drug-likeness (QED) is 0.751. The summed E-state index contributed by atoms with van der Waals surface area (Å²) in [5.74, 6) is -0.655. The summed E-state index contributed by atoms with van der Waals surface area (Å²) in [7, 11) is 0. The molecule has 1 fully saturated rings. The number of piperidine rings is 1. The van der Waals surface area contributed by atoms with Gasteiger partial charge in [-0.25, -0.2) is 8.78 Å². The Morgan fingerprint density at radius 3 is 2.65 bits per heavy atom. The highest BCUT2D eigenvalue weighted by molar-refractivity contribution is 5.81.